The Bertz CT molecular complexity index is 1130. The Morgan fingerprint density at radius 1 is 0.931 bits per heavy atom. The lowest BCUT2D eigenvalue weighted by atomic mass is 10.0. The second-order valence-electron chi connectivity index (χ2n) is 6.69. The van der Waals surface area contributed by atoms with E-state index in [4.69, 9.17) is 0 Å². The summed E-state index contributed by atoms with van der Waals surface area (Å²) in [5.41, 5.74) is 2.38. The van der Waals surface area contributed by atoms with Gasteiger partial charge >= 0.3 is 6.18 Å². The molecular weight excluding hydrogens is 384 g/mol. The van der Waals surface area contributed by atoms with Crippen LogP contribution < -0.4 is 0 Å². The van der Waals surface area contributed by atoms with Crippen LogP contribution in [0.2, 0.25) is 0 Å². The van der Waals surface area contributed by atoms with Gasteiger partial charge in [-0.25, -0.2) is 9.97 Å². The molecule has 4 nitrogen and oxygen atoms in total. The second-order valence-corrected chi connectivity index (χ2v) is 6.69. The highest BCUT2D eigenvalue weighted by Crippen LogP contribution is 2.27. The van der Waals surface area contributed by atoms with Gasteiger partial charge in [0.1, 0.15) is 11.3 Å². The summed E-state index contributed by atoms with van der Waals surface area (Å²) in [6.07, 6.45) is 1.44. The summed E-state index contributed by atoms with van der Waals surface area (Å²) in [5, 5.41) is 0.936. The third-order valence-corrected chi connectivity index (χ3v) is 4.69. The summed E-state index contributed by atoms with van der Waals surface area (Å²) in [5.74, 6) is -0.550. The molecule has 0 spiro atoms. The largest absolute Gasteiger partial charge is 0.433 e. The van der Waals surface area contributed by atoms with E-state index >= 15 is 0 Å². The third-order valence-electron chi connectivity index (χ3n) is 4.69. The summed E-state index contributed by atoms with van der Waals surface area (Å²) >= 11 is 0. The van der Waals surface area contributed by atoms with E-state index in [2.05, 4.69) is 19.9 Å². The fourth-order valence-electron chi connectivity index (χ4n) is 3.15. The molecule has 8 heteroatoms. The van der Waals surface area contributed by atoms with Crippen LogP contribution in [0.4, 0.5) is 17.6 Å². The molecule has 0 aliphatic rings. The maximum absolute atomic E-state index is 14.5. The summed E-state index contributed by atoms with van der Waals surface area (Å²) in [6.45, 7) is 0. The van der Waals surface area contributed by atoms with Crippen molar-refractivity contribution in [1.29, 1.82) is 0 Å². The zero-order valence-electron chi connectivity index (χ0n) is 15.2. The molecule has 0 bridgehead atoms. The summed E-state index contributed by atoms with van der Waals surface area (Å²) in [7, 11) is 0. The van der Waals surface area contributed by atoms with Crippen molar-refractivity contribution in [3.8, 4) is 0 Å². The fourth-order valence-corrected chi connectivity index (χ4v) is 3.15. The van der Waals surface area contributed by atoms with Crippen molar-refractivity contribution in [1.82, 2.24) is 19.9 Å². The minimum absolute atomic E-state index is 0.383. The van der Waals surface area contributed by atoms with E-state index in [-0.39, 0.29) is 0 Å². The standard InChI is InChI=1S/C21H16F4N4/c22-19-14(10-15-12-28-20-17(15)2-1-9-26-20)5-7-16(29-19)6-3-13-4-8-18(27-11-13)21(23,24)25/h1-2,4-5,7-9,11-12H,3,6,10H2,(H,26,28). The molecular formula is C21H16F4N4. The number of halogens is 4. The molecule has 0 radical (unpaired) electrons. The average Bonchev–Trinajstić information content (AvgIpc) is 3.11. The molecule has 1 N–H and O–H groups in total. The Labute approximate surface area is 163 Å². The zero-order valence-corrected chi connectivity index (χ0v) is 15.2. The molecule has 0 unspecified atom stereocenters. The first kappa shape index (κ1) is 19.0. The van der Waals surface area contributed by atoms with Crippen molar-refractivity contribution in [3.63, 3.8) is 0 Å². The van der Waals surface area contributed by atoms with Crippen LogP contribution in [-0.2, 0) is 25.4 Å². The Hall–Kier alpha value is -3.29. The molecule has 0 fully saturated rings. The van der Waals surface area contributed by atoms with Crippen molar-refractivity contribution in [2.45, 2.75) is 25.4 Å². The first-order chi connectivity index (χ1) is 13.9. The van der Waals surface area contributed by atoms with E-state index in [1.807, 2.05) is 18.3 Å². The van der Waals surface area contributed by atoms with Gasteiger partial charge in [0.05, 0.1) is 0 Å². The van der Waals surface area contributed by atoms with Gasteiger partial charge in [-0.15, -0.1) is 0 Å². The number of aryl methyl sites for hydroxylation is 2. The number of pyridine rings is 3. The fraction of sp³-hybridized carbons (Fsp3) is 0.190. The number of nitrogens with one attached hydrogen (secondary N) is 1. The second kappa shape index (κ2) is 7.62. The molecule has 4 rings (SSSR count). The molecule has 0 atom stereocenters. The number of nitrogens with zero attached hydrogens (tertiary/aromatic N) is 3. The van der Waals surface area contributed by atoms with Gasteiger partial charge in [-0.05, 0) is 48.2 Å². The number of hydrogen-bond donors (Lipinski definition) is 1. The van der Waals surface area contributed by atoms with Crippen molar-refractivity contribution in [2.24, 2.45) is 0 Å². The molecule has 29 heavy (non-hydrogen) atoms. The van der Waals surface area contributed by atoms with E-state index in [0.717, 1.165) is 22.7 Å². The van der Waals surface area contributed by atoms with Gasteiger partial charge in [-0.2, -0.15) is 17.6 Å². The number of aromatic nitrogens is 4. The maximum atomic E-state index is 14.5. The minimum Gasteiger partial charge on any atom is -0.346 e. The van der Waals surface area contributed by atoms with Gasteiger partial charge in [-0.3, -0.25) is 4.98 Å². The van der Waals surface area contributed by atoms with Gasteiger partial charge in [0.15, 0.2) is 0 Å². The Morgan fingerprint density at radius 3 is 2.52 bits per heavy atom. The van der Waals surface area contributed by atoms with Crippen LogP contribution in [0, 0.1) is 5.95 Å². The number of fused-ring (bicyclic) bond motifs is 1. The molecule has 0 aliphatic heterocycles. The zero-order chi connectivity index (χ0) is 20.4. The summed E-state index contributed by atoms with van der Waals surface area (Å²) in [4.78, 5) is 14.7. The maximum Gasteiger partial charge on any atom is 0.433 e. The number of aromatic amines is 1. The average molecular weight is 400 g/mol. The van der Waals surface area contributed by atoms with Crippen LogP contribution in [0.1, 0.15) is 28.1 Å². The van der Waals surface area contributed by atoms with Crippen LogP contribution in [0.5, 0.6) is 0 Å². The predicted molar refractivity (Wildman–Crippen MR) is 99.7 cm³/mol. The molecule has 148 valence electrons. The van der Waals surface area contributed by atoms with Crippen molar-refractivity contribution in [2.75, 3.05) is 0 Å². The lowest BCUT2D eigenvalue weighted by molar-refractivity contribution is -0.141. The molecule has 0 aromatic carbocycles. The van der Waals surface area contributed by atoms with E-state index in [1.54, 1.807) is 18.3 Å². The Balaban J connectivity index is 1.43. The molecule has 0 aliphatic carbocycles. The molecule has 4 aromatic rings. The Kier molecular flexibility index (Phi) is 5.00. The van der Waals surface area contributed by atoms with Crippen LogP contribution >= 0.6 is 0 Å². The highest BCUT2D eigenvalue weighted by molar-refractivity contribution is 5.79. The van der Waals surface area contributed by atoms with Gasteiger partial charge in [0.25, 0.3) is 0 Å². The molecule has 0 amide bonds. The quantitative estimate of drug-likeness (QED) is 0.384. The molecule has 4 aromatic heterocycles. The van der Waals surface area contributed by atoms with Crippen molar-refractivity contribution >= 4 is 11.0 Å². The molecule has 4 heterocycles. The lowest BCUT2D eigenvalue weighted by Crippen LogP contribution is -2.08. The normalized spacial score (nSPS) is 11.9. The van der Waals surface area contributed by atoms with Gasteiger partial charge in [0, 0.05) is 41.7 Å². The van der Waals surface area contributed by atoms with Crippen LogP contribution in [-0.4, -0.2) is 19.9 Å². The SMILES string of the molecule is Fc1nc(CCc2ccc(C(F)(F)F)nc2)ccc1Cc1c[nH]c2ncccc12. The van der Waals surface area contributed by atoms with Gasteiger partial charge < -0.3 is 4.98 Å². The van der Waals surface area contributed by atoms with Gasteiger partial charge in [0.2, 0.25) is 5.95 Å². The minimum atomic E-state index is -4.46. The van der Waals surface area contributed by atoms with Crippen LogP contribution in [0.3, 0.4) is 0 Å². The van der Waals surface area contributed by atoms with Gasteiger partial charge in [-0.1, -0.05) is 12.1 Å². The monoisotopic (exact) mass is 400 g/mol. The first-order valence-corrected chi connectivity index (χ1v) is 8.97. The predicted octanol–water partition coefficient (Wildman–Crippen LogP) is 4.89. The number of alkyl halides is 3. The van der Waals surface area contributed by atoms with E-state index in [0.29, 0.717) is 36.1 Å². The van der Waals surface area contributed by atoms with E-state index in [9.17, 15) is 17.6 Å². The van der Waals surface area contributed by atoms with E-state index < -0.39 is 17.8 Å². The van der Waals surface area contributed by atoms with E-state index in [1.165, 1.54) is 12.3 Å². The lowest BCUT2D eigenvalue weighted by Gasteiger charge is -2.07. The third kappa shape index (κ3) is 4.26. The smallest absolute Gasteiger partial charge is 0.346 e. The highest BCUT2D eigenvalue weighted by Gasteiger charge is 2.31. The van der Waals surface area contributed by atoms with Crippen molar-refractivity contribution in [3.05, 3.63) is 89.0 Å². The number of H-pyrrole nitrogens is 1. The number of hydrogen-bond acceptors (Lipinski definition) is 3. The summed E-state index contributed by atoms with van der Waals surface area (Å²) < 4.78 is 52.1. The molecule has 0 saturated carbocycles. The Morgan fingerprint density at radius 2 is 1.79 bits per heavy atom. The summed E-state index contributed by atoms with van der Waals surface area (Å²) in [6, 6.07) is 9.51. The highest BCUT2D eigenvalue weighted by atomic mass is 19.4. The van der Waals surface area contributed by atoms with Crippen LogP contribution in [0.15, 0.2) is 55.0 Å². The topological polar surface area (TPSA) is 54.5 Å². The number of rotatable bonds is 5. The molecule has 0 saturated heterocycles. The first-order valence-electron chi connectivity index (χ1n) is 8.97. The van der Waals surface area contributed by atoms with Crippen LogP contribution in [0.25, 0.3) is 11.0 Å². The van der Waals surface area contributed by atoms with Crippen molar-refractivity contribution < 1.29 is 17.6 Å².